The molecule has 1 N–H and O–H groups in total. The molecular formula is C14H22FNO2SSi. The molecule has 3 nitrogen and oxygen atoms in total. The minimum atomic E-state index is -3.22. The smallest absolute Gasteiger partial charge is 0.208 e. The van der Waals surface area contributed by atoms with Crippen LogP contribution in [0.2, 0.25) is 25.2 Å². The average molecular weight is 315 g/mol. The monoisotopic (exact) mass is 315 g/mol. The number of hydrogen-bond acceptors (Lipinski definition) is 2. The first-order valence-corrected chi connectivity index (χ1v) is 12.2. The Hall–Kier alpha value is -0.723. The fraction of sp³-hybridized carbons (Fsp3) is 0.571. The topological polar surface area (TPSA) is 46.2 Å². The van der Waals surface area contributed by atoms with Crippen LogP contribution in [0.25, 0.3) is 0 Å². The molecule has 20 heavy (non-hydrogen) atoms. The van der Waals surface area contributed by atoms with E-state index in [4.69, 9.17) is 0 Å². The summed E-state index contributed by atoms with van der Waals surface area (Å²) in [5.41, 5.74) is 0.899. The van der Waals surface area contributed by atoms with E-state index in [1.807, 2.05) is 6.07 Å². The standard InChI is InChI=1S/C14H22FNO2SSi/c1-19(17,18)16-8-14(12-9-20(2,3)10-12)11-5-4-6-13(15)7-11/h4-7,12,14,16H,8-10H2,1-3H3/t14-/m1/s1. The Morgan fingerprint density at radius 2 is 2.05 bits per heavy atom. The molecule has 0 aliphatic carbocycles. The van der Waals surface area contributed by atoms with Gasteiger partial charge in [0.1, 0.15) is 5.82 Å². The Labute approximate surface area is 121 Å². The van der Waals surface area contributed by atoms with Crippen molar-refractivity contribution in [2.45, 2.75) is 31.1 Å². The Morgan fingerprint density at radius 1 is 1.40 bits per heavy atom. The number of halogens is 1. The number of rotatable bonds is 5. The maximum atomic E-state index is 13.4. The van der Waals surface area contributed by atoms with E-state index in [1.165, 1.54) is 24.2 Å². The summed E-state index contributed by atoms with van der Waals surface area (Å²) in [5, 5.41) is 0. The average Bonchev–Trinajstić information content (AvgIpc) is 2.25. The van der Waals surface area contributed by atoms with Gasteiger partial charge in [0, 0.05) is 14.6 Å². The predicted octanol–water partition coefficient (Wildman–Crippen LogP) is 2.80. The summed E-state index contributed by atoms with van der Waals surface area (Å²) in [6.45, 7) is 5.05. The maximum Gasteiger partial charge on any atom is 0.208 e. The molecule has 0 aromatic heterocycles. The molecular weight excluding hydrogens is 293 g/mol. The third-order valence-electron chi connectivity index (χ3n) is 4.04. The van der Waals surface area contributed by atoms with E-state index in [-0.39, 0.29) is 11.7 Å². The zero-order valence-electron chi connectivity index (χ0n) is 12.2. The third kappa shape index (κ3) is 4.13. The van der Waals surface area contributed by atoms with E-state index in [2.05, 4.69) is 17.8 Å². The van der Waals surface area contributed by atoms with E-state index < -0.39 is 18.1 Å². The molecule has 0 radical (unpaired) electrons. The molecule has 1 saturated heterocycles. The minimum absolute atomic E-state index is 0.0703. The number of hydrogen-bond donors (Lipinski definition) is 1. The van der Waals surface area contributed by atoms with E-state index in [9.17, 15) is 12.8 Å². The highest BCUT2D eigenvalue weighted by Gasteiger charge is 2.42. The molecule has 0 bridgehead atoms. The van der Waals surface area contributed by atoms with E-state index in [1.54, 1.807) is 6.07 Å². The van der Waals surface area contributed by atoms with Gasteiger partial charge in [0.2, 0.25) is 10.0 Å². The summed E-state index contributed by atoms with van der Waals surface area (Å²) in [7, 11) is -4.28. The van der Waals surface area contributed by atoms with Gasteiger partial charge in [0.25, 0.3) is 0 Å². The zero-order chi connectivity index (χ0) is 15.0. The van der Waals surface area contributed by atoms with Crippen LogP contribution in [-0.4, -0.2) is 29.3 Å². The molecule has 1 aliphatic heterocycles. The van der Waals surface area contributed by atoms with E-state index in [0.717, 1.165) is 11.8 Å². The van der Waals surface area contributed by atoms with Crippen molar-refractivity contribution in [2.24, 2.45) is 5.92 Å². The first-order chi connectivity index (χ1) is 9.16. The van der Waals surface area contributed by atoms with Crippen molar-refractivity contribution in [1.82, 2.24) is 4.72 Å². The highest BCUT2D eigenvalue weighted by atomic mass is 32.2. The largest absolute Gasteiger partial charge is 0.215 e. The van der Waals surface area contributed by atoms with Crippen LogP contribution >= 0.6 is 0 Å². The first-order valence-electron chi connectivity index (χ1n) is 6.86. The zero-order valence-corrected chi connectivity index (χ0v) is 14.0. The van der Waals surface area contributed by atoms with Gasteiger partial charge < -0.3 is 0 Å². The molecule has 1 aromatic carbocycles. The van der Waals surface area contributed by atoms with Gasteiger partial charge >= 0.3 is 0 Å². The second-order valence-electron chi connectivity index (χ2n) is 6.61. The van der Waals surface area contributed by atoms with Gasteiger partial charge in [-0.3, -0.25) is 0 Å². The number of benzene rings is 1. The Balaban J connectivity index is 2.16. The Kier molecular flexibility index (Phi) is 4.37. The van der Waals surface area contributed by atoms with Gasteiger partial charge in [-0.2, -0.15) is 0 Å². The Bertz CT molecular complexity index is 581. The summed E-state index contributed by atoms with van der Waals surface area (Å²) in [6, 6.07) is 8.90. The molecule has 1 fully saturated rings. The highest BCUT2D eigenvalue weighted by Crippen LogP contribution is 2.46. The lowest BCUT2D eigenvalue weighted by molar-refractivity contribution is 0.440. The summed E-state index contributed by atoms with van der Waals surface area (Å²) >= 11 is 0. The fourth-order valence-electron chi connectivity index (χ4n) is 3.18. The van der Waals surface area contributed by atoms with Crippen molar-refractivity contribution in [3.05, 3.63) is 35.6 Å². The number of sulfonamides is 1. The quantitative estimate of drug-likeness (QED) is 0.849. The highest BCUT2D eigenvalue weighted by molar-refractivity contribution is 7.88. The molecule has 0 amide bonds. The molecule has 0 spiro atoms. The Morgan fingerprint density at radius 3 is 2.55 bits per heavy atom. The molecule has 1 aliphatic rings. The van der Waals surface area contributed by atoms with Gasteiger partial charge in [-0.05, 0) is 29.5 Å². The van der Waals surface area contributed by atoms with Crippen LogP contribution in [-0.2, 0) is 10.0 Å². The van der Waals surface area contributed by atoms with Gasteiger partial charge in [0.15, 0.2) is 0 Å². The first kappa shape index (κ1) is 15.7. The van der Waals surface area contributed by atoms with Crippen LogP contribution in [0.1, 0.15) is 11.5 Å². The molecule has 2 rings (SSSR count). The lowest BCUT2D eigenvalue weighted by Crippen LogP contribution is -2.46. The van der Waals surface area contributed by atoms with Crippen LogP contribution in [0.5, 0.6) is 0 Å². The van der Waals surface area contributed by atoms with Crippen molar-refractivity contribution < 1.29 is 12.8 Å². The van der Waals surface area contributed by atoms with Gasteiger partial charge in [-0.15, -0.1) is 0 Å². The third-order valence-corrected chi connectivity index (χ3v) is 7.99. The second kappa shape index (κ2) is 5.58. The molecule has 112 valence electrons. The van der Waals surface area contributed by atoms with Gasteiger partial charge in [-0.1, -0.05) is 37.3 Å². The fourth-order valence-corrected chi connectivity index (χ4v) is 6.95. The van der Waals surface area contributed by atoms with Crippen molar-refractivity contribution in [2.75, 3.05) is 12.8 Å². The normalized spacial score (nSPS) is 20.4. The van der Waals surface area contributed by atoms with Crippen LogP contribution in [0, 0.1) is 11.7 Å². The van der Waals surface area contributed by atoms with Crippen LogP contribution < -0.4 is 4.72 Å². The van der Waals surface area contributed by atoms with Crippen LogP contribution in [0.4, 0.5) is 4.39 Å². The summed E-state index contributed by atoms with van der Waals surface area (Å²) in [6.07, 6.45) is 1.16. The molecule has 0 unspecified atom stereocenters. The second-order valence-corrected chi connectivity index (χ2v) is 13.6. The van der Waals surface area contributed by atoms with E-state index in [0.29, 0.717) is 12.5 Å². The summed E-state index contributed by atoms with van der Waals surface area (Å²) in [4.78, 5) is 0. The molecule has 1 heterocycles. The number of nitrogens with one attached hydrogen (secondary N) is 1. The van der Waals surface area contributed by atoms with Gasteiger partial charge in [-0.25, -0.2) is 17.5 Å². The molecule has 0 saturated carbocycles. The van der Waals surface area contributed by atoms with Crippen LogP contribution in [0.15, 0.2) is 24.3 Å². The summed E-state index contributed by atoms with van der Waals surface area (Å²) < 4.78 is 38.6. The van der Waals surface area contributed by atoms with Crippen molar-refractivity contribution in [3.63, 3.8) is 0 Å². The lowest BCUT2D eigenvalue weighted by atomic mass is 9.87. The van der Waals surface area contributed by atoms with E-state index >= 15 is 0 Å². The molecule has 1 atom stereocenters. The maximum absolute atomic E-state index is 13.4. The van der Waals surface area contributed by atoms with Crippen molar-refractivity contribution >= 4 is 18.1 Å². The predicted molar refractivity (Wildman–Crippen MR) is 82.6 cm³/mol. The SMILES string of the molecule is C[Si]1(C)CC([C@H](CNS(C)(=O)=O)c2cccc(F)c2)C1. The van der Waals surface area contributed by atoms with Crippen LogP contribution in [0.3, 0.4) is 0 Å². The minimum Gasteiger partial charge on any atom is -0.215 e. The lowest BCUT2D eigenvalue weighted by Gasteiger charge is -2.45. The van der Waals surface area contributed by atoms with Crippen molar-refractivity contribution in [1.29, 1.82) is 0 Å². The molecule has 6 heteroatoms. The molecule has 1 aromatic rings. The van der Waals surface area contributed by atoms with Gasteiger partial charge in [0.05, 0.1) is 6.26 Å². The summed E-state index contributed by atoms with van der Waals surface area (Å²) in [5.74, 6) is 0.274. The van der Waals surface area contributed by atoms with Crippen molar-refractivity contribution in [3.8, 4) is 0 Å².